The molecule has 1 atom stereocenters. The van der Waals surface area contributed by atoms with Gasteiger partial charge in [0, 0.05) is 0 Å². The van der Waals surface area contributed by atoms with Gasteiger partial charge in [0.05, 0.1) is 12.0 Å². The van der Waals surface area contributed by atoms with Gasteiger partial charge in [0.1, 0.15) is 0 Å². The molecule has 1 N–H and O–H groups in total. The van der Waals surface area contributed by atoms with Gasteiger partial charge < -0.3 is 5.11 Å². The van der Waals surface area contributed by atoms with Gasteiger partial charge in [-0.25, -0.2) is 0 Å². The number of alkyl halides is 1. The van der Waals surface area contributed by atoms with E-state index in [0.29, 0.717) is 5.92 Å². The number of rotatable bonds is 4. The molecule has 0 aliphatic heterocycles. The Labute approximate surface area is 90.7 Å². The molecule has 1 unspecified atom stereocenters. The second-order valence-electron chi connectivity index (χ2n) is 4.01. The molecule has 0 saturated heterocycles. The first-order chi connectivity index (χ1) is 6.63. The molecule has 1 nitrogen and oxygen atoms in total. The zero-order valence-electron chi connectivity index (χ0n) is 8.70. The number of aliphatic hydroxyl groups is 1. The van der Waals surface area contributed by atoms with E-state index in [1.54, 1.807) is 0 Å². The molecular formula is C12H17ClO. The van der Waals surface area contributed by atoms with Gasteiger partial charge in [-0.2, -0.15) is 0 Å². The minimum absolute atomic E-state index is 0.253. The second kappa shape index (κ2) is 5.38. The van der Waals surface area contributed by atoms with E-state index in [1.165, 1.54) is 5.56 Å². The van der Waals surface area contributed by atoms with Crippen molar-refractivity contribution in [3.8, 4) is 0 Å². The lowest BCUT2D eigenvalue weighted by Gasteiger charge is -2.09. The third-order valence-corrected chi connectivity index (χ3v) is 2.45. The Morgan fingerprint density at radius 3 is 2.21 bits per heavy atom. The molecule has 0 aliphatic rings. The van der Waals surface area contributed by atoms with Gasteiger partial charge >= 0.3 is 0 Å². The van der Waals surface area contributed by atoms with Crippen molar-refractivity contribution in [3.63, 3.8) is 0 Å². The molecule has 0 bridgehead atoms. The highest BCUT2D eigenvalue weighted by atomic mass is 35.5. The third-order valence-electron chi connectivity index (χ3n) is 2.15. The average molecular weight is 213 g/mol. The Morgan fingerprint density at radius 2 is 1.79 bits per heavy atom. The van der Waals surface area contributed by atoms with E-state index < -0.39 is 6.10 Å². The van der Waals surface area contributed by atoms with Crippen molar-refractivity contribution in [3.05, 3.63) is 35.4 Å². The van der Waals surface area contributed by atoms with Crippen LogP contribution in [0.3, 0.4) is 0 Å². The summed E-state index contributed by atoms with van der Waals surface area (Å²) in [5.41, 5.74) is 2.21. The van der Waals surface area contributed by atoms with Crippen LogP contribution in [0.25, 0.3) is 0 Å². The number of hydrogen-bond donors (Lipinski definition) is 1. The van der Waals surface area contributed by atoms with E-state index in [-0.39, 0.29) is 5.88 Å². The Hall–Kier alpha value is -0.530. The van der Waals surface area contributed by atoms with Crippen molar-refractivity contribution in [2.45, 2.75) is 26.4 Å². The quantitative estimate of drug-likeness (QED) is 0.761. The second-order valence-corrected chi connectivity index (χ2v) is 4.32. The van der Waals surface area contributed by atoms with Gasteiger partial charge in [-0.05, 0) is 23.5 Å². The fraction of sp³-hybridized carbons (Fsp3) is 0.500. The van der Waals surface area contributed by atoms with E-state index in [9.17, 15) is 5.11 Å². The van der Waals surface area contributed by atoms with Crippen LogP contribution in [-0.2, 0) is 6.42 Å². The molecule has 0 heterocycles. The smallest absolute Gasteiger partial charge is 0.0925 e. The molecular weight excluding hydrogens is 196 g/mol. The lowest BCUT2D eigenvalue weighted by molar-refractivity contribution is 0.202. The Kier molecular flexibility index (Phi) is 4.43. The maximum Gasteiger partial charge on any atom is 0.0925 e. The minimum atomic E-state index is -0.537. The molecule has 1 aromatic rings. The predicted octanol–water partition coefficient (Wildman–Crippen LogP) is 3.16. The van der Waals surface area contributed by atoms with Crippen molar-refractivity contribution in [2.75, 3.05) is 5.88 Å². The normalized spacial score (nSPS) is 13.2. The van der Waals surface area contributed by atoms with Crippen molar-refractivity contribution in [1.29, 1.82) is 0 Å². The number of hydrogen-bond acceptors (Lipinski definition) is 1. The summed E-state index contributed by atoms with van der Waals surface area (Å²) in [7, 11) is 0. The fourth-order valence-corrected chi connectivity index (χ4v) is 1.61. The van der Waals surface area contributed by atoms with Crippen molar-refractivity contribution in [1.82, 2.24) is 0 Å². The predicted molar refractivity (Wildman–Crippen MR) is 60.7 cm³/mol. The van der Waals surface area contributed by atoms with Crippen LogP contribution in [0.5, 0.6) is 0 Å². The summed E-state index contributed by atoms with van der Waals surface area (Å²) in [6.45, 7) is 4.39. The van der Waals surface area contributed by atoms with Crippen LogP contribution >= 0.6 is 11.6 Å². The van der Waals surface area contributed by atoms with Crippen LogP contribution in [0.4, 0.5) is 0 Å². The zero-order valence-corrected chi connectivity index (χ0v) is 9.46. The van der Waals surface area contributed by atoms with Crippen LogP contribution in [-0.4, -0.2) is 11.0 Å². The highest BCUT2D eigenvalue weighted by Crippen LogP contribution is 2.16. The van der Waals surface area contributed by atoms with Crippen molar-refractivity contribution in [2.24, 2.45) is 5.92 Å². The molecule has 0 spiro atoms. The Balaban J connectivity index is 2.68. The van der Waals surface area contributed by atoms with E-state index in [0.717, 1.165) is 12.0 Å². The number of halogens is 1. The fourth-order valence-electron chi connectivity index (χ4n) is 1.44. The average Bonchev–Trinajstić information content (AvgIpc) is 2.17. The van der Waals surface area contributed by atoms with Gasteiger partial charge in [-0.1, -0.05) is 38.1 Å². The molecule has 0 aliphatic carbocycles. The highest BCUT2D eigenvalue weighted by molar-refractivity contribution is 6.18. The number of benzene rings is 1. The van der Waals surface area contributed by atoms with Gasteiger partial charge in [-0.3, -0.25) is 0 Å². The maximum atomic E-state index is 9.47. The first-order valence-corrected chi connectivity index (χ1v) is 5.49. The van der Waals surface area contributed by atoms with E-state index in [4.69, 9.17) is 11.6 Å². The molecule has 0 aromatic heterocycles. The standard InChI is InChI=1S/C12H17ClO/c1-9(2)7-10-3-5-11(6-4-10)12(14)8-13/h3-6,9,12,14H,7-8H2,1-2H3. The number of aliphatic hydroxyl groups excluding tert-OH is 1. The van der Waals surface area contributed by atoms with E-state index in [1.807, 2.05) is 12.1 Å². The summed E-state index contributed by atoms with van der Waals surface area (Å²) >= 11 is 5.56. The summed E-state index contributed by atoms with van der Waals surface area (Å²) in [5.74, 6) is 0.919. The molecule has 2 heteroatoms. The summed E-state index contributed by atoms with van der Waals surface area (Å²) in [6.07, 6.45) is 0.543. The van der Waals surface area contributed by atoms with Gasteiger partial charge in [-0.15, -0.1) is 11.6 Å². The van der Waals surface area contributed by atoms with E-state index in [2.05, 4.69) is 26.0 Å². The maximum absolute atomic E-state index is 9.47. The molecule has 0 saturated carbocycles. The van der Waals surface area contributed by atoms with Gasteiger partial charge in [0.15, 0.2) is 0 Å². The molecule has 0 radical (unpaired) electrons. The molecule has 0 fully saturated rings. The summed E-state index contributed by atoms with van der Waals surface area (Å²) in [6, 6.07) is 8.02. The highest BCUT2D eigenvalue weighted by Gasteiger charge is 2.05. The molecule has 1 rings (SSSR count). The first-order valence-electron chi connectivity index (χ1n) is 4.96. The summed E-state index contributed by atoms with van der Waals surface area (Å²) < 4.78 is 0. The van der Waals surface area contributed by atoms with Crippen LogP contribution < -0.4 is 0 Å². The third kappa shape index (κ3) is 3.32. The minimum Gasteiger partial charge on any atom is -0.387 e. The Morgan fingerprint density at radius 1 is 1.21 bits per heavy atom. The van der Waals surface area contributed by atoms with Crippen LogP contribution in [0, 0.1) is 5.92 Å². The monoisotopic (exact) mass is 212 g/mol. The van der Waals surface area contributed by atoms with Crippen molar-refractivity contribution < 1.29 is 5.11 Å². The lowest BCUT2D eigenvalue weighted by Crippen LogP contribution is -1.99. The van der Waals surface area contributed by atoms with Crippen LogP contribution in [0.2, 0.25) is 0 Å². The lowest BCUT2D eigenvalue weighted by atomic mass is 10.0. The van der Waals surface area contributed by atoms with Gasteiger partial charge in [0.2, 0.25) is 0 Å². The topological polar surface area (TPSA) is 20.2 Å². The zero-order chi connectivity index (χ0) is 10.6. The summed E-state index contributed by atoms with van der Waals surface area (Å²) in [5, 5.41) is 9.47. The van der Waals surface area contributed by atoms with Crippen LogP contribution in [0.15, 0.2) is 24.3 Å². The van der Waals surface area contributed by atoms with Crippen molar-refractivity contribution >= 4 is 11.6 Å². The summed E-state index contributed by atoms with van der Waals surface area (Å²) in [4.78, 5) is 0. The Bertz CT molecular complexity index is 266. The SMILES string of the molecule is CC(C)Cc1ccc(C(O)CCl)cc1. The van der Waals surface area contributed by atoms with Gasteiger partial charge in [0.25, 0.3) is 0 Å². The molecule has 78 valence electrons. The van der Waals surface area contributed by atoms with E-state index >= 15 is 0 Å². The largest absolute Gasteiger partial charge is 0.387 e. The van der Waals surface area contributed by atoms with Crippen LogP contribution in [0.1, 0.15) is 31.1 Å². The molecule has 14 heavy (non-hydrogen) atoms. The molecule has 1 aromatic carbocycles. The molecule has 0 amide bonds. The first kappa shape index (κ1) is 11.5.